The van der Waals surface area contributed by atoms with Crippen LogP contribution in [0.5, 0.6) is 0 Å². The molecule has 0 aromatic carbocycles. The number of halogens is 1. The third-order valence-electron chi connectivity index (χ3n) is 4.75. The molecule has 0 saturated heterocycles. The van der Waals surface area contributed by atoms with E-state index in [1.54, 1.807) is 6.20 Å². The van der Waals surface area contributed by atoms with E-state index in [0.29, 0.717) is 10.8 Å². The molecule has 0 unspecified atom stereocenters. The minimum Gasteiger partial charge on any atom is -0.345 e. The molecule has 4 rings (SSSR count). The molecule has 6 heteroatoms. The highest BCUT2D eigenvalue weighted by Crippen LogP contribution is 2.29. The van der Waals surface area contributed by atoms with Gasteiger partial charge in [-0.1, -0.05) is 36.9 Å². The number of H-pyrrole nitrogens is 1. The van der Waals surface area contributed by atoms with Crippen LogP contribution in [0.2, 0.25) is 5.02 Å². The minimum atomic E-state index is 0. The lowest BCUT2D eigenvalue weighted by atomic mass is 9.89. The van der Waals surface area contributed by atoms with Gasteiger partial charge >= 0.3 is 0 Å². The summed E-state index contributed by atoms with van der Waals surface area (Å²) >= 11 is 6.07. The van der Waals surface area contributed by atoms with Crippen LogP contribution in [-0.2, 0) is 4.79 Å². The lowest BCUT2D eigenvalue weighted by molar-refractivity contribution is -0.120. The van der Waals surface area contributed by atoms with Gasteiger partial charge in [-0.15, -0.1) is 0 Å². The fourth-order valence-corrected chi connectivity index (χ4v) is 3.60. The first kappa shape index (κ1) is 16.1. The van der Waals surface area contributed by atoms with Gasteiger partial charge in [-0.25, -0.2) is 9.97 Å². The highest BCUT2D eigenvalue weighted by atomic mass is 35.5. The number of carbonyl (C=O) groups is 1. The number of amides is 1. The second-order valence-electron chi connectivity index (χ2n) is 6.48. The van der Waals surface area contributed by atoms with Crippen LogP contribution in [0, 0.1) is 5.92 Å². The molecule has 0 atom stereocenters. The number of rotatable bonds is 3. The predicted molar refractivity (Wildman–Crippen MR) is 104 cm³/mol. The number of aromatic nitrogens is 3. The second-order valence-corrected chi connectivity index (χ2v) is 6.92. The smallest absolute Gasteiger partial charge is 0.228 e. The van der Waals surface area contributed by atoms with Gasteiger partial charge in [0.05, 0.1) is 10.7 Å². The van der Waals surface area contributed by atoms with Crippen molar-refractivity contribution in [2.24, 2.45) is 5.92 Å². The zero-order valence-corrected chi connectivity index (χ0v) is 14.5. The standard InChI is InChI=1S/C19H19ClN4O.2H2/c20-13-9-14-15(11-22-18(14)21-10-13)16-7-4-8-17(23-16)24-19(25)12-5-2-1-3-6-12;;/h4,7-12H,1-3,5-6H2,(H,21,22)(H,23,24,25);2*1H. The molecule has 132 valence electrons. The molecule has 0 spiro atoms. The summed E-state index contributed by atoms with van der Waals surface area (Å²) in [6.45, 7) is 0. The van der Waals surface area contributed by atoms with E-state index in [9.17, 15) is 4.79 Å². The zero-order valence-electron chi connectivity index (χ0n) is 13.8. The van der Waals surface area contributed by atoms with Crippen LogP contribution in [0.4, 0.5) is 5.82 Å². The lowest BCUT2D eigenvalue weighted by Crippen LogP contribution is -2.25. The first-order chi connectivity index (χ1) is 12.2. The van der Waals surface area contributed by atoms with Crippen molar-refractivity contribution in [2.45, 2.75) is 32.1 Å². The van der Waals surface area contributed by atoms with Gasteiger partial charge in [0.15, 0.2) is 0 Å². The van der Waals surface area contributed by atoms with Gasteiger partial charge in [-0.05, 0) is 31.0 Å². The number of aromatic amines is 1. The third-order valence-corrected chi connectivity index (χ3v) is 4.96. The summed E-state index contributed by atoms with van der Waals surface area (Å²) in [7, 11) is 0. The number of hydrogen-bond donors (Lipinski definition) is 2. The number of nitrogens with one attached hydrogen (secondary N) is 2. The van der Waals surface area contributed by atoms with E-state index in [4.69, 9.17) is 11.6 Å². The van der Waals surface area contributed by atoms with Crippen molar-refractivity contribution in [1.82, 2.24) is 15.0 Å². The van der Waals surface area contributed by atoms with E-state index in [-0.39, 0.29) is 14.7 Å². The molecule has 1 amide bonds. The molecular weight excluding hydrogens is 336 g/mol. The Morgan fingerprint density at radius 1 is 1.28 bits per heavy atom. The molecule has 1 saturated carbocycles. The summed E-state index contributed by atoms with van der Waals surface area (Å²) < 4.78 is 0. The quantitative estimate of drug-likeness (QED) is 0.668. The van der Waals surface area contributed by atoms with Gasteiger partial charge in [0, 0.05) is 32.1 Å². The molecule has 3 aromatic heterocycles. The summed E-state index contributed by atoms with van der Waals surface area (Å²) in [5.74, 6) is 0.765. The Bertz CT molecular complexity index is 925. The first-order valence-corrected chi connectivity index (χ1v) is 8.99. The normalized spacial score (nSPS) is 15.4. The average molecular weight is 359 g/mol. The predicted octanol–water partition coefficient (Wildman–Crippen LogP) is 5.29. The van der Waals surface area contributed by atoms with E-state index in [1.165, 1.54) is 6.42 Å². The Balaban J connectivity index is 0.00000131. The fraction of sp³-hybridized carbons (Fsp3) is 0.316. The number of anilines is 1. The number of fused-ring (bicyclic) bond motifs is 1. The SMILES string of the molecule is O=C(Nc1cccc(-c2c[nH]c3ncc(Cl)cc23)n1)C1CCCCC1.[HH].[HH]. The van der Waals surface area contributed by atoms with Gasteiger partial charge in [0.25, 0.3) is 0 Å². The maximum absolute atomic E-state index is 12.4. The average Bonchev–Trinajstić information content (AvgIpc) is 3.05. The summed E-state index contributed by atoms with van der Waals surface area (Å²) in [5.41, 5.74) is 2.45. The van der Waals surface area contributed by atoms with Gasteiger partial charge in [0.2, 0.25) is 5.91 Å². The van der Waals surface area contributed by atoms with Crippen molar-refractivity contribution >= 4 is 34.4 Å². The van der Waals surface area contributed by atoms with E-state index < -0.39 is 0 Å². The number of carbonyl (C=O) groups excluding carboxylic acids is 1. The third kappa shape index (κ3) is 3.37. The van der Waals surface area contributed by atoms with Gasteiger partial charge < -0.3 is 10.3 Å². The first-order valence-electron chi connectivity index (χ1n) is 8.61. The Morgan fingerprint density at radius 3 is 2.96 bits per heavy atom. The molecule has 2 N–H and O–H groups in total. The zero-order chi connectivity index (χ0) is 17.2. The molecular formula is C19H23ClN4O. The Labute approximate surface area is 153 Å². The largest absolute Gasteiger partial charge is 0.345 e. The molecule has 1 aliphatic carbocycles. The molecule has 3 heterocycles. The molecule has 0 radical (unpaired) electrons. The molecule has 25 heavy (non-hydrogen) atoms. The van der Waals surface area contributed by atoms with Crippen LogP contribution in [-0.4, -0.2) is 20.9 Å². The van der Waals surface area contributed by atoms with Gasteiger partial charge in [-0.3, -0.25) is 4.79 Å². The van der Waals surface area contributed by atoms with Crippen LogP contribution in [0.25, 0.3) is 22.3 Å². The van der Waals surface area contributed by atoms with Crippen molar-refractivity contribution in [3.8, 4) is 11.3 Å². The lowest BCUT2D eigenvalue weighted by Gasteiger charge is -2.20. The Hall–Kier alpha value is -2.40. The molecule has 0 aliphatic heterocycles. The maximum atomic E-state index is 12.4. The van der Waals surface area contributed by atoms with Crippen molar-refractivity contribution in [3.05, 3.63) is 41.7 Å². The van der Waals surface area contributed by atoms with E-state index in [2.05, 4.69) is 20.3 Å². The monoisotopic (exact) mass is 358 g/mol. The summed E-state index contributed by atoms with van der Waals surface area (Å²) in [4.78, 5) is 24.4. The molecule has 3 aromatic rings. The van der Waals surface area contributed by atoms with E-state index in [1.807, 2.05) is 30.5 Å². The highest BCUT2D eigenvalue weighted by molar-refractivity contribution is 6.31. The van der Waals surface area contributed by atoms with Crippen molar-refractivity contribution in [2.75, 3.05) is 5.32 Å². The Morgan fingerprint density at radius 2 is 2.12 bits per heavy atom. The van der Waals surface area contributed by atoms with Crippen LogP contribution in [0.3, 0.4) is 0 Å². The number of nitrogens with zero attached hydrogens (tertiary/aromatic N) is 2. The van der Waals surface area contributed by atoms with Crippen LogP contribution < -0.4 is 5.32 Å². The number of hydrogen-bond acceptors (Lipinski definition) is 3. The molecule has 0 bridgehead atoms. The van der Waals surface area contributed by atoms with Crippen molar-refractivity contribution in [3.63, 3.8) is 0 Å². The summed E-state index contributed by atoms with van der Waals surface area (Å²) in [5, 5.41) is 4.46. The van der Waals surface area contributed by atoms with E-state index in [0.717, 1.165) is 48.0 Å². The van der Waals surface area contributed by atoms with Gasteiger partial charge in [0.1, 0.15) is 11.5 Å². The highest BCUT2D eigenvalue weighted by Gasteiger charge is 2.21. The topological polar surface area (TPSA) is 70.7 Å². The molecule has 5 nitrogen and oxygen atoms in total. The van der Waals surface area contributed by atoms with Gasteiger partial charge in [-0.2, -0.15) is 0 Å². The van der Waals surface area contributed by atoms with Crippen LogP contribution in [0.1, 0.15) is 35.0 Å². The molecule has 1 aliphatic rings. The van der Waals surface area contributed by atoms with Crippen LogP contribution in [0.15, 0.2) is 36.7 Å². The fourth-order valence-electron chi connectivity index (χ4n) is 3.44. The van der Waals surface area contributed by atoms with E-state index >= 15 is 0 Å². The maximum Gasteiger partial charge on any atom is 0.228 e. The molecule has 1 fully saturated rings. The van der Waals surface area contributed by atoms with Crippen molar-refractivity contribution < 1.29 is 7.65 Å². The minimum absolute atomic E-state index is 0. The Kier molecular flexibility index (Phi) is 4.40. The summed E-state index contributed by atoms with van der Waals surface area (Å²) in [6.07, 6.45) is 8.91. The van der Waals surface area contributed by atoms with Crippen molar-refractivity contribution in [1.29, 1.82) is 0 Å². The summed E-state index contributed by atoms with van der Waals surface area (Å²) in [6, 6.07) is 7.50. The number of pyridine rings is 2. The van der Waals surface area contributed by atoms with Crippen LogP contribution >= 0.6 is 11.6 Å². The second kappa shape index (κ2) is 6.84.